The van der Waals surface area contributed by atoms with Crippen molar-refractivity contribution in [2.24, 2.45) is 4.36 Å². The number of halogens is 1. The first-order valence-electron chi connectivity index (χ1n) is 6.95. The number of oxazole rings is 1. The van der Waals surface area contributed by atoms with Gasteiger partial charge in [0.25, 0.3) is 0 Å². The Morgan fingerprint density at radius 2 is 1.84 bits per heavy atom. The van der Waals surface area contributed by atoms with Crippen LogP contribution in [0.25, 0.3) is 33.5 Å². The summed E-state index contributed by atoms with van der Waals surface area (Å²) in [6.07, 6.45) is 0. The molecule has 0 spiro atoms. The van der Waals surface area contributed by atoms with Crippen LogP contribution in [0.4, 0.5) is 10.1 Å². The SMILES string of the molecule is O=c1oc2cc(F)ccc2cc1-c1nc2ccc(N=S(=O)=O)cc2o1. The van der Waals surface area contributed by atoms with E-state index in [1.165, 1.54) is 36.4 Å². The molecule has 0 bridgehead atoms. The fraction of sp³-hybridized carbons (Fsp3) is 0. The number of aromatic nitrogens is 1. The van der Waals surface area contributed by atoms with Gasteiger partial charge in [-0.1, -0.05) is 0 Å². The normalized spacial score (nSPS) is 11.1. The van der Waals surface area contributed by atoms with Crippen molar-refractivity contribution in [1.82, 2.24) is 4.98 Å². The minimum Gasteiger partial charge on any atom is -0.436 e. The van der Waals surface area contributed by atoms with Crippen LogP contribution < -0.4 is 5.63 Å². The Hall–Kier alpha value is -3.33. The summed E-state index contributed by atoms with van der Waals surface area (Å²) in [5.41, 5.74) is 0.314. The second-order valence-electron chi connectivity index (χ2n) is 5.11. The molecule has 124 valence electrons. The van der Waals surface area contributed by atoms with Crippen molar-refractivity contribution in [2.75, 3.05) is 0 Å². The highest BCUT2D eigenvalue weighted by Gasteiger charge is 2.15. The summed E-state index contributed by atoms with van der Waals surface area (Å²) in [4.78, 5) is 16.3. The maximum Gasteiger partial charge on any atom is 0.349 e. The van der Waals surface area contributed by atoms with Gasteiger partial charge in [-0.15, -0.1) is 4.36 Å². The minimum absolute atomic E-state index is 0.00960. The average Bonchev–Trinajstić information content (AvgIpc) is 2.96. The van der Waals surface area contributed by atoms with E-state index in [1.807, 2.05) is 0 Å². The molecule has 4 aromatic rings. The van der Waals surface area contributed by atoms with Crippen molar-refractivity contribution < 1.29 is 21.6 Å². The molecule has 7 nitrogen and oxygen atoms in total. The molecule has 0 radical (unpaired) electrons. The molecule has 0 N–H and O–H groups in total. The molecule has 0 amide bonds. The molecule has 0 saturated carbocycles. The first-order chi connectivity index (χ1) is 12.0. The van der Waals surface area contributed by atoms with E-state index in [0.29, 0.717) is 10.9 Å². The van der Waals surface area contributed by atoms with Gasteiger partial charge in [-0.25, -0.2) is 14.2 Å². The lowest BCUT2D eigenvalue weighted by Crippen LogP contribution is -2.02. The molecule has 2 aromatic carbocycles. The molecule has 2 heterocycles. The Bertz CT molecular complexity index is 1330. The van der Waals surface area contributed by atoms with Gasteiger partial charge in [0.2, 0.25) is 5.89 Å². The molecule has 0 aliphatic rings. The van der Waals surface area contributed by atoms with Crippen molar-refractivity contribution in [3.05, 3.63) is 58.7 Å². The smallest absolute Gasteiger partial charge is 0.349 e. The molecule has 9 heteroatoms. The van der Waals surface area contributed by atoms with E-state index >= 15 is 0 Å². The predicted molar refractivity (Wildman–Crippen MR) is 86.5 cm³/mol. The van der Waals surface area contributed by atoms with E-state index in [4.69, 9.17) is 8.83 Å². The summed E-state index contributed by atoms with van der Waals surface area (Å²) in [5, 5.41) is 0.510. The van der Waals surface area contributed by atoms with Crippen LogP contribution in [0.2, 0.25) is 0 Å². The zero-order chi connectivity index (χ0) is 17.6. The van der Waals surface area contributed by atoms with Crippen LogP contribution in [0, 0.1) is 5.82 Å². The van der Waals surface area contributed by atoms with E-state index in [-0.39, 0.29) is 28.3 Å². The fourth-order valence-electron chi connectivity index (χ4n) is 2.41. The quantitative estimate of drug-likeness (QED) is 0.509. The van der Waals surface area contributed by atoms with E-state index in [2.05, 4.69) is 9.35 Å². The molecule has 0 unspecified atom stereocenters. The highest BCUT2D eigenvalue weighted by Crippen LogP contribution is 2.27. The zero-order valence-electron chi connectivity index (χ0n) is 12.3. The number of rotatable bonds is 2. The molecule has 0 saturated heterocycles. The summed E-state index contributed by atoms with van der Waals surface area (Å²) in [7, 11) is -2.59. The van der Waals surface area contributed by atoms with Crippen LogP contribution in [-0.4, -0.2) is 13.4 Å². The second-order valence-corrected chi connectivity index (χ2v) is 5.73. The number of hydrogen-bond acceptors (Lipinski definition) is 7. The maximum absolute atomic E-state index is 13.2. The van der Waals surface area contributed by atoms with Gasteiger partial charge >= 0.3 is 16.1 Å². The van der Waals surface area contributed by atoms with Crippen molar-refractivity contribution in [3.63, 3.8) is 0 Å². The van der Waals surface area contributed by atoms with Gasteiger partial charge in [-0.2, -0.15) is 8.42 Å². The Labute approximate surface area is 140 Å². The largest absolute Gasteiger partial charge is 0.436 e. The monoisotopic (exact) mass is 358 g/mol. The standard InChI is InChI=1S/C16H7FN2O5S/c17-9-2-1-8-5-11(16(20)24-13(8)6-9)15-18-12-4-3-10(19-25(21)22)7-14(12)23-15/h1-7H. The fourth-order valence-corrected chi connectivity index (χ4v) is 2.69. The Balaban J connectivity index is 1.90. The molecule has 0 fully saturated rings. The molecule has 0 aliphatic heterocycles. The first-order valence-corrected chi connectivity index (χ1v) is 7.98. The van der Waals surface area contributed by atoms with Gasteiger partial charge in [0.05, 0.1) is 5.69 Å². The van der Waals surface area contributed by atoms with Crippen LogP contribution in [0.3, 0.4) is 0 Å². The summed E-state index contributed by atoms with van der Waals surface area (Å²) < 4.78 is 48.5. The minimum atomic E-state index is -2.59. The van der Waals surface area contributed by atoms with Crippen LogP contribution in [-0.2, 0) is 10.5 Å². The Morgan fingerprint density at radius 3 is 2.64 bits per heavy atom. The number of hydrogen-bond donors (Lipinski definition) is 0. The van der Waals surface area contributed by atoms with Crippen molar-refractivity contribution >= 4 is 38.3 Å². The summed E-state index contributed by atoms with van der Waals surface area (Å²) >= 11 is 0. The third-order valence-corrected chi connectivity index (χ3v) is 3.84. The van der Waals surface area contributed by atoms with Gasteiger partial charge in [-0.05, 0) is 30.3 Å². The van der Waals surface area contributed by atoms with Gasteiger partial charge in [0.15, 0.2) is 5.58 Å². The van der Waals surface area contributed by atoms with Crippen molar-refractivity contribution in [2.45, 2.75) is 0 Å². The van der Waals surface area contributed by atoms with Gasteiger partial charge < -0.3 is 8.83 Å². The Morgan fingerprint density at radius 1 is 1.00 bits per heavy atom. The number of fused-ring (bicyclic) bond motifs is 2. The molecule has 25 heavy (non-hydrogen) atoms. The van der Waals surface area contributed by atoms with E-state index in [0.717, 1.165) is 6.07 Å². The summed E-state index contributed by atoms with van der Waals surface area (Å²) in [6, 6.07) is 9.68. The summed E-state index contributed by atoms with van der Waals surface area (Å²) in [5.74, 6) is -0.507. The van der Waals surface area contributed by atoms with E-state index in [1.54, 1.807) is 0 Å². The highest BCUT2D eigenvalue weighted by atomic mass is 32.2. The van der Waals surface area contributed by atoms with E-state index < -0.39 is 21.9 Å². The molecular formula is C16H7FN2O5S. The van der Waals surface area contributed by atoms with Crippen LogP contribution in [0.1, 0.15) is 0 Å². The molecular weight excluding hydrogens is 351 g/mol. The third kappa shape index (κ3) is 2.81. The predicted octanol–water partition coefficient (Wildman–Crippen LogP) is 3.43. The van der Waals surface area contributed by atoms with E-state index in [9.17, 15) is 17.6 Å². The van der Waals surface area contributed by atoms with Crippen molar-refractivity contribution in [1.29, 1.82) is 0 Å². The van der Waals surface area contributed by atoms with Crippen molar-refractivity contribution in [3.8, 4) is 11.5 Å². The Kier molecular flexibility index (Phi) is 3.43. The van der Waals surface area contributed by atoms with Gasteiger partial charge in [0.1, 0.15) is 22.5 Å². The van der Waals surface area contributed by atoms with Crippen LogP contribution in [0.5, 0.6) is 0 Å². The lowest BCUT2D eigenvalue weighted by Gasteiger charge is -1.98. The lowest BCUT2D eigenvalue weighted by atomic mass is 10.2. The maximum atomic E-state index is 13.2. The number of benzene rings is 2. The third-order valence-electron chi connectivity index (χ3n) is 3.48. The molecule has 0 atom stereocenters. The molecule has 2 aromatic heterocycles. The number of nitrogens with zero attached hydrogens (tertiary/aromatic N) is 2. The lowest BCUT2D eigenvalue weighted by molar-refractivity contribution is 0.548. The second kappa shape index (κ2) is 5.64. The topological polar surface area (TPSA) is 103 Å². The van der Waals surface area contributed by atoms with Gasteiger partial charge in [0, 0.05) is 17.5 Å². The first kappa shape index (κ1) is 15.2. The van der Waals surface area contributed by atoms with Crippen LogP contribution in [0.15, 0.2) is 60.5 Å². The molecule has 0 aliphatic carbocycles. The highest BCUT2D eigenvalue weighted by molar-refractivity contribution is 7.61. The zero-order valence-corrected chi connectivity index (χ0v) is 13.1. The average molecular weight is 358 g/mol. The van der Waals surface area contributed by atoms with Gasteiger partial charge in [-0.3, -0.25) is 0 Å². The molecule has 4 rings (SSSR count). The summed E-state index contributed by atoms with van der Waals surface area (Å²) in [6.45, 7) is 0. The van der Waals surface area contributed by atoms with Crippen LogP contribution >= 0.6 is 0 Å².